The number of aromatic nitrogens is 4. The van der Waals surface area contributed by atoms with Crippen molar-refractivity contribution in [2.75, 3.05) is 6.61 Å². The van der Waals surface area contributed by atoms with E-state index < -0.39 is 11.9 Å². The molecule has 0 radical (unpaired) electrons. The van der Waals surface area contributed by atoms with Gasteiger partial charge >= 0.3 is 5.97 Å². The van der Waals surface area contributed by atoms with Gasteiger partial charge in [-0.2, -0.15) is 0 Å². The lowest BCUT2D eigenvalue weighted by Crippen LogP contribution is -2.15. The zero-order valence-corrected chi connectivity index (χ0v) is 10.2. The molecule has 0 fully saturated rings. The van der Waals surface area contributed by atoms with Crippen LogP contribution in [0.1, 0.15) is 32.5 Å². The van der Waals surface area contributed by atoms with Gasteiger partial charge in [0, 0.05) is 13.2 Å². The summed E-state index contributed by atoms with van der Waals surface area (Å²) in [7, 11) is 0. The Bertz CT molecular complexity index is 353. The lowest BCUT2D eigenvalue weighted by Gasteiger charge is -2.07. The van der Waals surface area contributed by atoms with Crippen LogP contribution in [0.25, 0.3) is 0 Å². The smallest absolute Gasteiger partial charge is 0.306 e. The van der Waals surface area contributed by atoms with Crippen molar-refractivity contribution in [1.82, 2.24) is 20.2 Å². The van der Waals surface area contributed by atoms with E-state index in [0.717, 1.165) is 6.42 Å². The van der Waals surface area contributed by atoms with E-state index >= 15 is 0 Å². The van der Waals surface area contributed by atoms with Crippen LogP contribution < -0.4 is 0 Å². The SMILES string of the molecule is CCCOCc1nnnn1CCC(C)C(=O)O. The summed E-state index contributed by atoms with van der Waals surface area (Å²) in [6, 6.07) is 0. The van der Waals surface area contributed by atoms with Gasteiger partial charge in [-0.3, -0.25) is 4.79 Å². The molecule has 0 bridgehead atoms. The van der Waals surface area contributed by atoms with Crippen molar-refractivity contribution in [1.29, 1.82) is 0 Å². The highest BCUT2D eigenvalue weighted by Gasteiger charge is 2.13. The number of ether oxygens (including phenoxy) is 1. The summed E-state index contributed by atoms with van der Waals surface area (Å²) in [5, 5.41) is 20.0. The summed E-state index contributed by atoms with van der Waals surface area (Å²) in [5.41, 5.74) is 0. The van der Waals surface area contributed by atoms with Gasteiger partial charge in [-0.25, -0.2) is 4.68 Å². The van der Waals surface area contributed by atoms with Crippen LogP contribution in [-0.4, -0.2) is 37.9 Å². The third-order valence-corrected chi connectivity index (χ3v) is 2.38. The summed E-state index contributed by atoms with van der Waals surface area (Å²) in [6.45, 7) is 5.21. The number of tetrazole rings is 1. The Morgan fingerprint density at radius 2 is 2.35 bits per heavy atom. The molecule has 0 saturated heterocycles. The van der Waals surface area contributed by atoms with E-state index in [1.54, 1.807) is 11.6 Å². The summed E-state index contributed by atoms with van der Waals surface area (Å²) in [4.78, 5) is 10.7. The van der Waals surface area contributed by atoms with Crippen molar-refractivity contribution in [3.05, 3.63) is 5.82 Å². The lowest BCUT2D eigenvalue weighted by molar-refractivity contribution is -0.141. The number of carbonyl (C=O) groups is 1. The maximum Gasteiger partial charge on any atom is 0.306 e. The van der Waals surface area contributed by atoms with E-state index in [9.17, 15) is 4.79 Å². The minimum atomic E-state index is -0.804. The van der Waals surface area contributed by atoms with Gasteiger partial charge in [-0.15, -0.1) is 5.10 Å². The molecule has 7 nitrogen and oxygen atoms in total. The van der Waals surface area contributed by atoms with Gasteiger partial charge < -0.3 is 9.84 Å². The van der Waals surface area contributed by atoms with E-state index in [4.69, 9.17) is 9.84 Å². The number of rotatable bonds is 8. The Morgan fingerprint density at radius 1 is 1.59 bits per heavy atom. The molecule has 1 atom stereocenters. The largest absolute Gasteiger partial charge is 0.481 e. The van der Waals surface area contributed by atoms with Crippen LogP contribution in [0.5, 0.6) is 0 Å². The third kappa shape index (κ3) is 4.48. The zero-order chi connectivity index (χ0) is 12.7. The van der Waals surface area contributed by atoms with Crippen molar-refractivity contribution in [2.45, 2.75) is 39.8 Å². The summed E-state index contributed by atoms with van der Waals surface area (Å²) in [5.74, 6) is -0.568. The fourth-order valence-corrected chi connectivity index (χ4v) is 1.25. The Morgan fingerprint density at radius 3 is 3.00 bits per heavy atom. The fourth-order valence-electron chi connectivity index (χ4n) is 1.25. The van der Waals surface area contributed by atoms with Crippen LogP contribution in [-0.2, 0) is 22.7 Å². The summed E-state index contributed by atoms with van der Waals surface area (Å²) in [6.07, 6.45) is 1.44. The maximum atomic E-state index is 10.7. The summed E-state index contributed by atoms with van der Waals surface area (Å²) >= 11 is 0. The molecule has 0 aliphatic rings. The number of aliphatic carboxylic acids is 1. The van der Waals surface area contributed by atoms with Gasteiger partial charge in [0.15, 0.2) is 5.82 Å². The molecule has 0 amide bonds. The van der Waals surface area contributed by atoms with Crippen molar-refractivity contribution in [2.24, 2.45) is 5.92 Å². The maximum absolute atomic E-state index is 10.7. The molecule has 0 saturated carbocycles. The highest BCUT2D eigenvalue weighted by molar-refractivity contribution is 5.69. The van der Waals surface area contributed by atoms with Crippen LogP contribution in [0, 0.1) is 5.92 Å². The van der Waals surface area contributed by atoms with E-state index in [1.165, 1.54) is 0 Å². The van der Waals surface area contributed by atoms with Gasteiger partial charge in [0.25, 0.3) is 0 Å². The van der Waals surface area contributed by atoms with Crippen LogP contribution in [0.3, 0.4) is 0 Å². The van der Waals surface area contributed by atoms with Gasteiger partial charge in [0.05, 0.1) is 5.92 Å². The second kappa shape index (κ2) is 6.95. The van der Waals surface area contributed by atoms with E-state index in [-0.39, 0.29) is 0 Å². The highest BCUT2D eigenvalue weighted by atomic mass is 16.5. The van der Waals surface area contributed by atoms with Crippen molar-refractivity contribution >= 4 is 5.97 Å². The molecule has 1 N–H and O–H groups in total. The molecule has 0 aliphatic carbocycles. The minimum absolute atomic E-state index is 0.363. The highest BCUT2D eigenvalue weighted by Crippen LogP contribution is 2.05. The molecule has 96 valence electrons. The third-order valence-electron chi connectivity index (χ3n) is 2.38. The average molecular weight is 242 g/mol. The normalized spacial score (nSPS) is 12.6. The molecule has 1 rings (SSSR count). The molecule has 17 heavy (non-hydrogen) atoms. The van der Waals surface area contributed by atoms with Crippen molar-refractivity contribution in [3.8, 4) is 0 Å². The Balaban J connectivity index is 2.42. The second-order valence-corrected chi connectivity index (χ2v) is 3.90. The minimum Gasteiger partial charge on any atom is -0.481 e. The fraction of sp³-hybridized carbons (Fsp3) is 0.800. The number of carboxylic acids is 1. The number of aryl methyl sites for hydroxylation is 1. The van der Waals surface area contributed by atoms with Crippen molar-refractivity contribution in [3.63, 3.8) is 0 Å². The molecular weight excluding hydrogens is 224 g/mol. The van der Waals surface area contributed by atoms with Crippen LogP contribution in [0.2, 0.25) is 0 Å². The number of hydrogen-bond donors (Lipinski definition) is 1. The first-order valence-electron chi connectivity index (χ1n) is 5.70. The molecular formula is C10H18N4O3. The van der Waals surface area contributed by atoms with Gasteiger partial charge in [0.1, 0.15) is 6.61 Å². The first-order valence-corrected chi connectivity index (χ1v) is 5.70. The zero-order valence-electron chi connectivity index (χ0n) is 10.2. The average Bonchev–Trinajstić information content (AvgIpc) is 2.74. The molecule has 1 unspecified atom stereocenters. The Hall–Kier alpha value is -1.50. The van der Waals surface area contributed by atoms with E-state index in [1.807, 2.05) is 6.92 Å². The van der Waals surface area contributed by atoms with Gasteiger partial charge in [-0.05, 0) is 23.3 Å². The predicted molar refractivity (Wildman–Crippen MR) is 59.2 cm³/mol. The molecule has 1 aromatic heterocycles. The van der Waals surface area contributed by atoms with Crippen LogP contribution in [0.15, 0.2) is 0 Å². The quantitative estimate of drug-likeness (QED) is 0.675. The van der Waals surface area contributed by atoms with Crippen molar-refractivity contribution < 1.29 is 14.6 Å². The Labute approximate surface area is 99.8 Å². The molecule has 7 heteroatoms. The number of hydrogen-bond acceptors (Lipinski definition) is 5. The second-order valence-electron chi connectivity index (χ2n) is 3.90. The number of nitrogens with zero attached hydrogens (tertiary/aromatic N) is 4. The summed E-state index contributed by atoms with van der Waals surface area (Å²) < 4.78 is 6.93. The molecule has 1 heterocycles. The first-order chi connectivity index (χ1) is 8.15. The number of carboxylic acid groups (broad SMARTS) is 1. The molecule has 0 aliphatic heterocycles. The van der Waals surface area contributed by atoms with E-state index in [0.29, 0.717) is 32.0 Å². The van der Waals surface area contributed by atoms with E-state index in [2.05, 4.69) is 15.5 Å². The first kappa shape index (κ1) is 13.6. The topological polar surface area (TPSA) is 90.1 Å². The van der Waals surface area contributed by atoms with Crippen LogP contribution >= 0.6 is 0 Å². The Kier molecular flexibility index (Phi) is 5.55. The monoisotopic (exact) mass is 242 g/mol. The standard InChI is InChI=1S/C10H18N4O3/c1-3-6-17-7-9-11-12-13-14(9)5-4-8(2)10(15)16/h8H,3-7H2,1-2H3,(H,15,16). The predicted octanol–water partition coefficient (Wildman–Crippen LogP) is 0.710. The molecule has 0 spiro atoms. The molecule has 1 aromatic rings. The molecule has 0 aromatic carbocycles. The lowest BCUT2D eigenvalue weighted by atomic mass is 10.1. The van der Waals surface area contributed by atoms with Gasteiger partial charge in [-0.1, -0.05) is 13.8 Å². The van der Waals surface area contributed by atoms with Gasteiger partial charge in [0.2, 0.25) is 0 Å². The van der Waals surface area contributed by atoms with Crippen LogP contribution in [0.4, 0.5) is 0 Å².